The van der Waals surface area contributed by atoms with E-state index in [9.17, 15) is 22.8 Å². The first-order valence-electron chi connectivity index (χ1n) is 7.91. The van der Waals surface area contributed by atoms with Crippen molar-refractivity contribution in [3.05, 3.63) is 71.7 Å². The average Bonchev–Trinajstić information content (AvgIpc) is 3.17. The Morgan fingerprint density at radius 1 is 1.07 bits per heavy atom. The van der Waals surface area contributed by atoms with E-state index < -0.39 is 23.6 Å². The molecule has 0 aliphatic heterocycles. The van der Waals surface area contributed by atoms with Crippen LogP contribution in [0.5, 0.6) is 0 Å². The van der Waals surface area contributed by atoms with Crippen molar-refractivity contribution in [1.29, 1.82) is 0 Å². The third-order valence-electron chi connectivity index (χ3n) is 3.84. The Hall–Kier alpha value is -3.62. The molecule has 0 atom stereocenters. The standard InChI is InChI=1S/C19H13F3N2O4/c1-27-18(26)13-4-2-3-5-14(13)24-17(25)15-16(28-10-23-15)11-6-8-12(9-7-11)19(20,21)22/h2-10H,1H3,(H,24,25). The third kappa shape index (κ3) is 3.88. The van der Waals surface area contributed by atoms with Crippen molar-refractivity contribution in [1.82, 2.24) is 4.98 Å². The van der Waals surface area contributed by atoms with E-state index >= 15 is 0 Å². The molecular formula is C19H13F3N2O4. The lowest BCUT2D eigenvalue weighted by atomic mass is 10.1. The van der Waals surface area contributed by atoms with E-state index in [4.69, 9.17) is 4.42 Å². The van der Waals surface area contributed by atoms with E-state index in [0.717, 1.165) is 18.5 Å². The fourth-order valence-corrected chi connectivity index (χ4v) is 2.48. The van der Waals surface area contributed by atoms with Gasteiger partial charge in [-0.25, -0.2) is 9.78 Å². The van der Waals surface area contributed by atoms with E-state index in [1.165, 1.54) is 31.4 Å². The van der Waals surface area contributed by atoms with Gasteiger partial charge in [-0.3, -0.25) is 4.79 Å². The first-order chi connectivity index (χ1) is 13.3. The molecule has 1 heterocycles. The van der Waals surface area contributed by atoms with Crippen LogP contribution in [-0.4, -0.2) is 24.0 Å². The summed E-state index contributed by atoms with van der Waals surface area (Å²) in [6.07, 6.45) is -3.47. The van der Waals surface area contributed by atoms with Crippen LogP contribution in [0, 0.1) is 0 Å². The SMILES string of the molecule is COC(=O)c1ccccc1NC(=O)c1ncoc1-c1ccc(C(F)(F)F)cc1. The summed E-state index contributed by atoms with van der Waals surface area (Å²) in [4.78, 5) is 28.2. The molecule has 3 aromatic rings. The smallest absolute Gasteiger partial charge is 0.416 e. The predicted molar refractivity (Wildman–Crippen MR) is 92.7 cm³/mol. The molecule has 0 unspecified atom stereocenters. The lowest BCUT2D eigenvalue weighted by Gasteiger charge is -2.09. The fraction of sp³-hybridized carbons (Fsp3) is 0.105. The van der Waals surface area contributed by atoms with Gasteiger partial charge in [0.25, 0.3) is 5.91 Å². The minimum Gasteiger partial charge on any atom is -0.465 e. The van der Waals surface area contributed by atoms with Gasteiger partial charge in [0.05, 0.1) is 23.9 Å². The molecule has 0 spiro atoms. The number of benzene rings is 2. The zero-order valence-corrected chi connectivity index (χ0v) is 14.4. The van der Waals surface area contributed by atoms with Crippen molar-refractivity contribution in [3.63, 3.8) is 0 Å². The van der Waals surface area contributed by atoms with Crippen molar-refractivity contribution < 1.29 is 31.9 Å². The number of carbonyl (C=O) groups is 2. The number of hydrogen-bond acceptors (Lipinski definition) is 5. The number of ether oxygens (including phenoxy) is 1. The van der Waals surface area contributed by atoms with E-state index in [2.05, 4.69) is 15.0 Å². The lowest BCUT2D eigenvalue weighted by Crippen LogP contribution is -2.16. The van der Waals surface area contributed by atoms with Crippen molar-refractivity contribution in [2.75, 3.05) is 12.4 Å². The number of alkyl halides is 3. The summed E-state index contributed by atoms with van der Waals surface area (Å²) in [7, 11) is 1.21. The van der Waals surface area contributed by atoms with Crippen LogP contribution in [0.2, 0.25) is 0 Å². The van der Waals surface area contributed by atoms with E-state index in [1.54, 1.807) is 12.1 Å². The zero-order chi connectivity index (χ0) is 20.3. The number of hydrogen-bond donors (Lipinski definition) is 1. The number of anilines is 1. The molecule has 144 valence electrons. The molecule has 0 fully saturated rings. The molecule has 6 nitrogen and oxygen atoms in total. The number of aromatic nitrogens is 1. The molecule has 3 rings (SSSR count). The van der Waals surface area contributed by atoms with Crippen molar-refractivity contribution in [3.8, 4) is 11.3 Å². The maximum atomic E-state index is 12.7. The Kier molecular flexibility index (Phi) is 5.16. The van der Waals surface area contributed by atoms with Crippen LogP contribution < -0.4 is 5.32 Å². The van der Waals surface area contributed by atoms with Crippen molar-refractivity contribution in [2.24, 2.45) is 0 Å². The second-order valence-corrected chi connectivity index (χ2v) is 5.60. The summed E-state index contributed by atoms with van der Waals surface area (Å²) >= 11 is 0. The highest BCUT2D eigenvalue weighted by atomic mass is 19.4. The van der Waals surface area contributed by atoms with Gasteiger partial charge in [-0.05, 0) is 24.3 Å². The summed E-state index contributed by atoms with van der Waals surface area (Å²) in [5, 5.41) is 2.53. The normalized spacial score (nSPS) is 11.1. The molecule has 0 aliphatic rings. The molecule has 1 N–H and O–H groups in total. The molecule has 9 heteroatoms. The highest BCUT2D eigenvalue weighted by Gasteiger charge is 2.30. The molecule has 0 aliphatic carbocycles. The summed E-state index contributed by atoms with van der Waals surface area (Å²) in [6, 6.07) is 10.3. The number of nitrogens with zero attached hydrogens (tertiary/aromatic N) is 1. The number of amides is 1. The summed E-state index contributed by atoms with van der Waals surface area (Å²) in [5.74, 6) is -1.33. The Labute approximate surface area is 157 Å². The Bertz CT molecular complexity index is 1010. The van der Waals surface area contributed by atoms with Gasteiger partial charge in [-0.2, -0.15) is 13.2 Å². The summed E-state index contributed by atoms with van der Waals surface area (Å²) in [6.45, 7) is 0. The summed E-state index contributed by atoms with van der Waals surface area (Å²) in [5.41, 5.74) is -0.385. The van der Waals surface area contributed by atoms with Gasteiger partial charge < -0.3 is 14.5 Å². The largest absolute Gasteiger partial charge is 0.465 e. The van der Waals surface area contributed by atoms with Crippen LogP contribution in [0.3, 0.4) is 0 Å². The van der Waals surface area contributed by atoms with E-state index in [0.29, 0.717) is 0 Å². The second-order valence-electron chi connectivity index (χ2n) is 5.60. The van der Waals surface area contributed by atoms with E-state index in [-0.39, 0.29) is 28.3 Å². The quantitative estimate of drug-likeness (QED) is 0.668. The maximum Gasteiger partial charge on any atom is 0.416 e. The number of nitrogens with one attached hydrogen (secondary N) is 1. The first-order valence-corrected chi connectivity index (χ1v) is 7.91. The third-order valence-corrected chi connectivity index (χ3v) is 3.84. The van der Waals surface area contributed by atoms with Gasteiger partial charge in [-0.15, -0.1) is 0 Å². The molecule has 2 aromatic carbocycles. The molecule has 0 radical (unpaired) electrons. The number of oxazole rings is 1. The Morgan fingerprint density at radius 3 is 2.39 bits per heavy atom. The summed E-state index contributed by atoms with van der Waals surface area (Å²) < 4.78 is 48.0. The highest BCUT2D eigenvalue weighted by molar-refractivity contribution is 6.09. The second kappa shape index (κ2) is 7.55. The maximum absolute atomic E-state index is 12.7. The lowest BCUT2D eigenvalue weighted by molar-refractivity contribution is -0.137. The molecule has 1 amide bonds. The molecule has 0 bridgehead atoms. The van der Waals surface area contributed by atoms with Crippen molar-refractivity contribution >= 4 is 17.6 Å². The van der Waals surface area contributed by atoms with Gasteiger partial charge in [0.1, 0.15) is 0 Å². The first kappa shape index (κ1) is 19.2. The van der Waals surface area contributed by atoms with Crippen LogP contribution in [-0.2, 0) is 10.9 Å². The highest BCUT2D eigenvalue weighted by Crippen LogP contribution is 2.32. The van der Waals surface area contributed by atoms with Crippen LogP contribution in [0.1, 0.15) is 26.4 Å². The van der Waals surface area contributed by atoms with Gasteiger partial charge in [0.2, 0.25) is 0 Å². The van der Waals surface area contributed by atoms with Gasteiger partial charge >= 0.3 is 12.1 Å². The van der Waals surface area contributed by atoms with Gasteiger partial charge in [0, 0.05) is 5.56 Å². The van der Waals surface area contributed by atoms with Crippen LogP contribution in [0.15, 0.2) is 59.3 Å². The van der Waals surface area contributed by atoms with Gasteiger partial charge in [0.15, 0.2) is 17.8 Å². The number of carbonyl (C=O) groups excluding carboxylic acids is 2. The number of esters is 1. The van der Waals surface area contributed by atoms with Crippen LogP contribution >= 0.6 is 0 Å². The number of halogens is 3. The number of para-hydroxylation sites is 1. The Balaban J connectivity index is 1.88. The monoisotopic (exact) mass is 390 g/mol. The number of rotatable bonds is 4. The minimum absolute atomic E-state index is 0.00164. The average molecular weight is 390 g/mol. The fourth-order valence-electron chi connectivity index (χ4n) is 2.48. The van der Waals surface area contributed by atoms with Crippen molar-refractivity contribution in [2.45, 2.75) is 6.18 Å². The van der Waals surface area contributed by atoms with Crippen LogP contribution in [0.4, 0.5) is 18.9 Å². The zero-order valence-electron chi connectivity index (χ0n) is 14.4. The topological polar surface area (TPSA) is 81.4 Å². The molecule has 28 heavy (non-hydrogen) atoms. The molecule has 1 aromatic heterocycles. The molecular weight excluding hydrogens is 377 g/mol. The number of methoxy groups -OCH3 is 1. The predicted octanol–water partition coefficient (Wildman–Crippen LogP) is 4.40. The van der Waals surface area contributed by atoms with E-state index in [1.807, 2.05) is 0 Å². The van der Waals surface area contributed by atoms with Crippen LogP contribution in [0.25, 0.3) is 11.3 Å². The molecule has 0 saturated carbocycles. The Morgan fingerprint density at radius 2 is 1.75 bits per heavy atom. The molecule has 0 saturated heterocycles. The minimum atomic E-state index is -4.47. The van der Waals surface area contributed by atoms with Gasteiger partial charge in [-0.1, -0.05) is 24.3 Å².